The van der Waals surface area contributed by atoms with Crippen molar-refractivity contribution in [2.45, 2.75) is 24.1 Å². The Balaban J connectivity index is 1.93. The first kappa shape index (κ1) is 21.8. The molecule has 0 amide bonds. The number of aryl methyl sites for hydroxylation is 1. The van der Waals surface area contributed by atoms with E-state index in [1.165, 1.54) is 0 Å². The van der Waals surface area contributed by atoms with Crippen molar-refractivity contribution in [1.82, 2.24) is 4.72 Å². The standard InChI is InChI=1S/C18H20F3NO5S/c1-25-15-7-10-17(26-2)13(12-15)4-3-11-22-28(23,24)16-8-5-14(6-9-16)27-18(19,20)21/h5-10,12,22H,3-4,11H2,1-2H3. The lowest BCUT2D eigenvalue weighted by molar-refractivity contribution is -0.274. The molecule has 2 aromatic rings. The number of methoxy groups -OCH3 is 2. The number of benzene rings is 2. The Bertz CT molecular complexity index is 883. The van der Waals surface area contributed by atoms with Crippen molar-refractivity contribution in [3.8, 4) is 17.2 Å². The lowest BCUT2D eigenvalue weighted by Gasteiger charge is -2.12. The van der Waals surface area contributed by atoms with Gasteiger partial charge < -0.3 is 14.2 Å². The van der Waals surface area contributed by atoms with Crippen LogP contribution in [-0.2, 0) is 16.4 Å². The number of halogens is 3. The molecule has 28 heavy (non-hydrogen) atoms. The first-order chi connectivity index (χ1) is 13.1. The summed E-state index contributed by atoms with van der Waals surface area (Å²) in [5.41, 5.74) is 0.870. The number of ether oxygens (including phenoxy) is 3. The summed E-state index contributed by atoms with van der Waals surface area (Å²) in [4.78, 5) is -0.152. The molecule has 0 radical (unpaired) electrons. The average Bonchev–Trinajstić information content (AvgIpc) is 2.64. The van der Waals surface area contributed by atoms with Gasteiger partial charge in [0.2, 0.25) is 10.0 Å². The predicted molar refractivity (Wildman–Crippen MR) is 96.2 cm³/mol. The lowest BCUT2D eigenvalue weighted by atomic mass is 10.1. The van der Waals surface area contributed by atoms with Gasteiger partial charge in [0.1, 0.15) is 17.2 Å². The fourth-order valence-electron chi connectivity index (χ4n) is 2.47. The minimum absolute atomic E-state index is 0.142. The molecule has 0 aromatic heterocycles. The molecule has 0 saturated carbocycles. The Hall–Kier alpha value is -2.46. The molecule has 0 saturated heterocycles. The molecule has 10 heteroatoms. The molecule has 0 unspecified atom stereocenters. The quantitative estimate of drug-likeness (QED) is 0.630. The van der Waals surface area contributed by atoms with Crippen LogP contribution in [0, 0.1) is 0 Å². The van der Waals surface area contributed by atoms with Crippen molar-refractivity contribution in [1.29, 1.82) is 0 Å². The van der Waals surface area contributed by atoms with Crippen LogP contribution in [0.15, 0.2) is 47.4 Å². The van der Waals surface area contributed by atoms with Crippen molar-refractivity contribution >= 4 is 10.0 Å². The molecule has 1 N–H and O–H groups in total. The minimum Gasteiger partial charge on any atom is -0.497 e. The molecule has 0 heterocycles. The average molecular weight is 419 g/mol. The van der Waals surface area contributed by atoms with Crippen LogP contribution >= 0.6 is 0 Å². The summed E-state index contributed by atoms with van der Waals surface area (Å²) in [6.07, 6.45) is -3.81. The van der Waals surface area contributed by atoms with Crippen LogP contribution in [0.1, 0.15) is 12.0 Å². The highest BCUT2D eigenvalue weighted by atomic mass is 32.2. The van der Waals surface area contributed by atoms with Crippen LogP contribution in [0.3, 0.4) is 0 Å². The van der Waals surface area contributed by atoms with E-state index >= 15 is 0 Å². The molecule has 0 atom stereocenters. The van der Waals surface area contributed by atoms with Gasteiger partial charge in [-0.2, -0.15) is 0 Å². The number of alkyl halides is 3. The zero-order valence-corrected chi connectivity index (χ0v) is 16.1. The van der Waals surface area contributed by atoms with E-state index < -0.39 is 22.1 Å². The van der Waals surface area contributed by atoms with Crippen LogP contribution in [0.2, 0.25) is 0 Å². The maximum atomic E-state index is 12.2. The normalized spacial score (nSPS) is 11.9. The van der Waals surface area contributed by atoms with Crippen LogP contribution in [0.4, 0.5) is 13.2 Å². The molecule has 2 rings (SSSR count). The smallest absolute Gasteiger partial charge is 0.497 e. The molecule has 0 aliphatic rings. The lowest BCUT2D eigenvalue weighted by Crippen LogP contribution is -2.25. The number of hydrogen-bond acceptors (Lipinski definition) is 5. The number of rotatable bonds is 9. The van der Waals surface area contributed by atoms with Gasteiger partial charge in [-0.1, -0.05) is 0 Å². The van der Waals surface area contributed by atoms with E-state index in [2.05, 4.69) is 9.46 Å². The van der Waals surface area contributed by atoms with Gasteiger partial charge in [0, 0.05) is 6.54 Å². The molecule has 6 nitrogen and oxygen atoms in total. The highest BCUT2D eigenvalue weighted by molar-refractivity contribution is 7.89. The van der Waals surface area contributed by atoms with Crippen molar-refractivity contribution in [2.24, 2.45) is 0 Å². The molecule has 0 bridgehead atoms. The highest BCUT2D eigenvalue weighted by Crippen LogP contribution is 2.25. The Morgan fingerprint density at radius 1 is 0.964 bits per heavy atom. The van der Waals surface area contributed by atoms with E-state index in [4.69, 9.17) is 9.47 Å². The second-order valence-corrected chi connectivity index (χ2v) is 7.47. The number of nitrogens with one attached hydrogen (secondary N) is 1. The molecule has 0 aliphatic heterocycles. The summed E-state index contributed by atoms with van der Waals surface area (Å²) in [7, 11) is -0.758. The fourth-order valence-corrected chi connectivity index (χ4v) is 3.54. The Kier molecular flexibility index (Phi) is 7.14. The Labute approximate surface area is 161 Å². The van der Waals surface area contributed by atoms with E-state index in [-0.39, 0.29) is 11.4 Å². The maximum absolute atomic E-state index is 12.2. The van der Waals surface area contributed by atoms with Gasteiger partial charge in [-0.3, -0.25) is 0 Å². The van der Waals surface area contributed by atoms with Gasteiger partial charge in [-0.25, -0.2) is 13.1 Å². The predicted octanol–water partition coefficient (Wildman–Crippen LogP) is 3.51. The van der Waals surface area contributed by atoms with Gasteiger partial charge in [0.25, 0.3) is 0 Å². The first-order valence-corrected chi connectivity index (χ1v) is 9.69. The zero-order valence-electron chi connectivity index (χ0n) is 15.2. The van der Waals surface area contributed by atoms with E-state index in [9.17, 15) is 21.6 Å². The Morgan fingerprint density at radius 3 is 2.18 bits per heavy atom. The molecule has 154 valence electrons. The van der Waals surface area contributed by atoms with Crippen LogP contribution in [-0.4, -0.2) is 35.5 Å². The topological polar surface area (TPSA) is 73.9 Å². The number of sulfonamides is 1. The third-order valence-corrected chi connectivity index (χ3v) is 5.25. The summed E-state index contributed by atoms with van der Waals surface area (Å²) in [5, 5.41) is 0. The first-order valence-electron chi connectivity index (χ1n) is 8.21. The summed E-state index contributed by atoms with van der Waals surface area (Å²) >= 11 is 0. The molecular weight excluding hydrogens is 399 g/mol. The van der Waals surface area contributed by atoms with Gasteiger partial charge in [0.05, 0.1) is 19.1 Å². The summed E-state index contributed by atoms with van der Waals surface area (Å²) in [6, 6.07) is 9.34. The van der Waals surface area contributed by atoms with Gasteiger partial charge in [-0.05, 0) is 60.9 Å². The maximum Gasteiger partial charge on any atom is 0.573 e. The summed E-state index contributed by atoms with van der Waals surface area (Å²) in [5.74, 6) is 0.845. The monoisotopic (exact) mass is 419 g/mol. The number of hydrogen-bond donors (Lipinski definition) is 1. The second kappa shape index (κ2) is 9.16. The largest absolute Gasteiger partial charge is 0.573 e. The summed E-state index contributed by atoms with van der Waals surface area (Å²) < 4.78 is 77.5. The van der Waals surface area contributed by atoms with E-state index in [1.54, 1.807) is 26.4 Å². The summed E-state index contributed by atoms with van der Waals surface area (Å²) in [6.45, 7) is 0.142. The van der Waals surface area contributed by atoms with E-state index in [0.717, 1.165) is 29.8 Å². The molecule has 0 spiro atoms. The third-order valence-electron chi connectivity index (χ3n) is 3.77. The van der Waals surface area contributed by atoms with Crippen LogP contribution in [0.5, 0.6) is 17.2 Å². The third kappa shape index (κ3) is 6.31. The fraction of sp³-hybridized carbons (Fsp3) is 0.333. The van der Waals surface area contributed by atoms with Gasteiger partial charge in [-0.15, -0.1) is 13.2 Å². The minimum atomic E-state index is -4.83. The zero-order chi connectivity index (χ0) is 20.8. The van der Waals surface area contributed by atoms with Crippen molar-refractivity contribution in [2.75, 3.05) is 20.8 Å². The molecular formula is C18H20F3NO5S. The van der Waals surface area contributed by atoms with E-state index in [1.807, 2.05) is 6.07 Å². The van der Waals surface area contributed by atoms with Crippen molar-refractivity contribution < 1.29 is 35.8 Å². The van der Waals surface area contributed by atoms with Crippen molar-refractivity contribution in [3.05, 3.63) is 48.0 Å². The highest BCUT2D eigenvalue weighted by Gasteiger charge is 2.31. The van der Waals surface area contributed by atoms with Crippen LogP contribution < -0.4 is 18.9 Å². The van der Waals surface area contributed by atoms with Gasteiger partial charge in [0.15, 0.2) is 0 Å². The molecule has 0 aliphatic carbocycles. The molecule has 0 fully saturated rings. The second-order valence-electron chi connectivity index (χ2n) is 5.70. The van der Waals surface area contributed by atoms with Gasteiger partial charge >= 0.3 is 6.36 Å². The van der Waals surface area contributed by atoms with Crippen LogP contribution in [0.25, 0.3) is 0 Å². The van der Waals surface area contributed by atoms with E-state index in [0.29, 0.717) is 24.3 Å². The van der Waals surface area contributed by atoms with Crippen molar-refractivity contribution in [3.63, 3.8) is 0 Å². The SMILES string of the molecule is COc1ccc(OC)c(CCCNS(=O)(=O)c2ccc(OC(F)(F)F)cc2)c1. The molecule has 2 aromatic carbocycles. The Morgan fingerprint density at radius 2 is 1.61 bits per heavy atom.